The lowest BCUT2D eigenvalue weighted by Gasteiger charge is -2.27. The second kappa shape index (κ2) is 16.0. The molecule has 0 aromatic carbocycles. The molecule has 2 aromatic rings. The number of hydrogen-bond acceptors (Lipinski definition) is 9. The van der Waals surface area contributed by atoms with Crippen molar-refractivity contribution in [3.05, 3.63) is 16.7 Å². The summed E-state index contributed by atoms with van der Waals surface area (Å²) in [7, 11) is 0. The summed E-state index contributed by atoms with van der Waals surface area (Å²) in [6, 6.07) is 0. The first-order valence-corrected chi connectivity index (χ1v) is 15.4. The molecule has 1 fully saturated rings. The van der Waals surface area contributed by atoms with Crippen LogP contribution in [0.15, 0.2) is 11.1 Å². The highest BCUT2D eigenvalue weighted by Crippen LogP contribution is 2.40. The molecular weight excluding hydrogens is 542 g/mol. The summed E-state index contributed by atoms with van der Waals surface area (Å²) in [5.74, 6) is -1.68. The van der Waals surface area contributed by atoms with Crippen LogP contribution >= 0.6 is 0 Å². The number of H-pyrrole nitrogens is 1. The van der Waals surface area contributed by atoms with E-state index in [1.165, 1.54) is 75.1 Å². The van der Waals surface area contributed by atoms with Crippen LogP contribution in [0.2, 0.25) is 0 Å². The van der Waals surface area contributed by atoms with Gasteiger partial charge < -0.3 is 14.9 Å². The summed E-state index contributed by atoms with van der Waals surface area (Å²) in [6.07, 6.45) is 12.7. The standard InChI is InChI=1S/C30H47N5O7/c1-4-5-6-7-8-9-10-11-12-13-14-15-16-17-22(38)32-29-33-27-24(28(40)34-29)31-19-35(27)23-18-30(41,21(3)37)26(42-23)25(39)20(2)36/h19,23,25-26,39,41H,4-18H2,1-3H3,(H2,32,33,34,38,40)/t23-,25?,26-,30-/m1/s1. The number of ether oxygens (including phenoxy) is 1. The number of fused-ring (bicyclic) bond motifs is 1. The smallest absolute Gasteiger partial charge is 0.280 e. The van der Waals surface area contributed by atoms with Crippen LogP contribution in [-0.4, -0.2) is 65.0 Å². The maximum atomic E-state index is 12.6. The zero-order valence-corrected chi connectivity index (χ0v) is 25.2. The van der Waals surface area contributed by atoms with Crippen LogP contribution in [0.25, 0.3) is 11.2 Å². The third kappa shape index (κ3) is 8.78. The highest BCUT2D eigenvalue weighted by Gasteiger charge is 2.55. The van der Waals surface area contributed by atoms with Crippen molar-refractivity contribution < 1.29 is 29.3 Å². The Morgan fingerprint density at radius 1 is 1.05 bits per heavy atom. The van der Waals surface area contributed by atoms with Crippen molar-refractivity contribution in [2.24, 2.45) is 0 Å². The molecule has 0 spiro atoms. The van der Waals surface area contributed by atoms with Crippen molar-refractivity contribution in [1.82, 2.24) is 19.5 Å². The maximum absolute atomic E-state index is 12.6. The van der Waals surface area contributed by atoms with E-state index in [0.717, 1.165) is 33.1 Å². The third-order valence-corrected chi connectivity index (χ3v) is 8.08. The third-order valence-electron chi connectivity index (χ3n) is 8.08. The Kier molecular flexibility index (Phi) is 12.8. The van der Waals surface area contributed by atoms with E-state index < -0.39 is 41.2 Å². The molecule has 12 nitrogen and oxygen atoms in total. The van der Waals surface area contributed by atoms with Gasteiger partial charge in [0.25, 0.3) is 5.56 Å². The number of aliphatic hydroxyl groups is 2. The first-order valence-electron chi connectivity index (χ1n) is 15.4. The van der Waals surface area contributed by atoms with E-state index in [1.807, 2.05) is 0 Å². The number of aliphatic hydroxyl groups excluding tert-OH is 1. The molecule has 1 aliphatic rings. The highest BCUT2D eigenvalue weighted by atomic mass is 16.6. The number of nitrogens with zero attached hydrogens (tertiary/aromatic N) is 3. The lowest BCUT2D eigenvalue weighted by Crippen LogP contribution is -2.52. The number of carbonyl (C=O) groups excluding carboxylic acids is 3. The molecule has 234 valence electrons. The van der Waals surface area contributed by atoms with E-state index in [4.69, 9.17) is 4.74 Å². The van der Waals surface area contributed by atoms with Gasteiger partial charge >= 0.3 is 0 Å². The first-order chi connectivity index (χ1) is 20.1. The summed E-state index contributed by atoms with van der Waals surface area (Å²) in [5.41, 5.74) is -2.69. The van der Waals surface area contributed by atoms with Crippen molar-refractivity contribution in [1.29, 1.82) is 0 Å². The Morgan fingerprint density at radius 2 is 1.62 bits per heavy atom. The van der Waals surface area contributed by atoms with Crippen LogP contribution < -0.4 is 10.9 Å². The summed E-state index contributed by atoms with van der Waals surface area (Å²) < 4.78 is 7.09. The number of unbranched alkanes of at least 4 members (excludes halogenated alkanes) is 12. The van der Waals surface area contributed by atoms with E-state index >= 15 is 0 Å². The number of carbonyl (C=O) groups is 3. The second-order valence-corrected chi connectivity index (χ2v) is 11.5. The molecule has 4 N–H and O–H groups in total. The normalized spacial score (nSPS) is 21.1. The minimum absolute atomic E-state index is 0.0324. The molecule has 42 heavy (non-hydrogen) atoms. The fraction of sp³-hybridized carbons (Fsp3) is 0.733. The quantitative estimate of drug-likeness (QED) is 0.176. The molecule has 4 atom stereocenters. The average Bonchev–Trinajstić information content (AvgIpc) is 3.53. The van der Waals surface area contributed by atoms with Crippen LogP contribution in [0, 0.1) is 0 Å². The average molecular weight is 590 g/mol. The number of ketones is 2. The molecular formula is C30H47N5O7. The number of hydrogen-bond donors (Lipinski definition) is 4. The van der Waals surface area contributed by atoms with Gasteiger partial charge in [0.2, 0.25) is 11.9 Å². The van der Waals surface area contributed by atoms with Gasteiger partial charge in [-0.05, 0) is 20.3 Å². The number of amides is 1. The van der Waals surface area contributed by atoms with Gasteiger partial charge in [-0.3, -0.25) is 34.0 Å². The Morgan fingerprint density at radius 3 is 2.17 bits per heavy atom. The van der Waals surface area contributed by atoms with E-state index in [2.05, 4.69) is 27.2 Å². The molecule has 1 amide bonds. The zero-order valence-electron chi connectivity index (χ0n) is 25.2. The number of nitrogens with one attached hydrogen (secondary N) is 2. The van der Waals surface area contributed by atoms with Crippen molar-refractivity contribution in [2.75, 3.05) is 5.32 Å². The number of anilines is 1. The maximum Gasteiger partial charge on any atom is 0.280 e. The lowest BCUT2D eigenvalue weighted by atomic mass is 9.86. The number of rotatable bonds is 19. The number of aromatic nitrogens is 4. The van der Waals surface area contributed by atoms with Crippen LogP contribution in [0.5, 0.6) is 0 Å². The van der Waals surface area contributed by atoms with Crippen molar-refractivity contribution >= 4 is 34.6 Å². The van der Waals surface area contributed by atoms with Gasteiger partial charge in [0.1, 0.15) is 18.4 Å². The largest absolute Gasteiger partial charge is 0.382 e. The fourth-order valence-electron chi connectivity index (χ4n) is 5.46. The predicted octanol–water partition coefficient (Wildman–Crippen LogP) is 4.10. The van der Waals surface area contributed by atoms with Gasteiger partial charge in [-0.2, -0.15) is 4.98 Å². The van der Waals surface area contributed by atoms with Crippen molar-refractivity contribution in [3.63, 3.8) is 0 Å². The number of Topliss-reactive ketones (excluding diaryl/α,β-unsaturated/α-hetero) is 2. The van der Waals surface area contributed by atoms with Gasteiger partial charge in [-0.1, -0.05) is 84.0 Å². The Balaban J connectivity index is 1.49. The molecule has 1 unspecified atom stereocenters. The molecule has 1 aliphatic heterocycles. The first kappa shape index (κ1) is 33.5. The Labute approximate surface area is 246 Å². The summed E-state index contributed by atoms with van der Waals surface area (Å²) >= 11 is 0. The van der Waals surface area contributed by atoms with Crippen molar-refractivity contribution in [3.8, 4) is 0 Å². The van der Waals surface area contributed by atoms with Gasteiger partial charge in [-0.25, -0.2) is 4.98 Å². The predicted molar refractivity (Wildman–Crippen MR) is 158 cm³/mol. The fourth-order valence-corrected chi connectivity index (χ4v) is 5.46. The minimum Gasteiger partial charge on any atom is -0.382 e. The van der Waals surface area contributed by atoms with Gasteiger partial charge in [-0.15, -0.1) is 0 Å². The SMILES string of the molecule is CCCCCCCCCCCCCCCC(=O)Nc1nc2c(ncn2[C@H]2C[C@@](O)(C(C)=O)[C@@H](C(O)C(C)=O)O2)c(=O)[nH]1. The topological polar surface area (TPSA) is 176 Å². The molecule has 3 heterocycles. The lowest BCUT2D eigenvalue weighted by molar-refractivity contribution is -0.158. The van der Waals surface area contributed by atoms with Crippen LogP contribution in [-0.2, 0) is 19.1 Å². The number of imidazole rings is 1. The second-order valence-electron chi connectivity index (χ2n) is 11.5. The van der Waals surface area contributed by atoms with E-state index in [0.29, 0.717) is 6.42 Å². The molecule has 12 heteroatoms. The van der Waals surface area contributed by atoms with Crippen molar-refractivity contribution in [2.45, 2.75) is 141 Å². The monoisotopic (exact) mass is 589 g/mol. The van der Waals surface area contributed by atoms with E-state index in [1.54, 1.807) is 0 Å². The van der Waals surface area contributed by atoms with Gasteiger partial charge in [0.15, 0.2) is 28.3 Å². The van der Waals surface area contributed by atoms with Gasteiger partial charge in [0.05, 0.1) is 6.33 Å². The summed E-state index contributed by atoms with van der Waals surface area (Å²) in [5, 5.41) is 23.9. The molecule has 3 rings (SSSR count). The zero-order chi connectivity index (χ0) is 30.7. The molecule has 0 bridgehead atoms. The molecule has 2 aromatic heterocycles. The van der Waals surface area contributed by atoms with E-state index in [-0.39, 0.29) is 29.4 Å². The molecule has 0 aliphatic carbocycles. The molecule has 1 saturated heterocycles. The summed E-state index contributed by atoms with van der Waals surface area (Å²) in [6.45, 7) is 4.51. The molecule has 0 saturated carbocycles. The Bertz CT molecular complexity index is 1260. The van der Waals surface area contributed by atoms with E-state index in [9.17, 15) is 29.4 Å². The number of aromatic amines is 1. The molecule has 0 radical (unpaired) electrons. The van der Waals surface area contributed by atoms with Crippen LogP contribution in [0.1, 0.15) is 123 Å². The highest BCUT2D eigenvalue weighted by molar-refractivity contribution is 5.90. The van der Waals surface area contributed by atoms with Gasteiger partial charge in [0, 0.05) is 12.8 Å². The van der Waals surface area contributed by atoms with Crippen LogP contribution in [0.3, 0.4) is 0 Å². The van der Waals surface area contributed by atoms with Crippen LogP contribution in [0.4, 0.5) is 5.95 Å². The minimum atomic E-state index is -2.13. The summed E-state index contributed by atoms with van der Waals surface area (Å²) in [4.78, 5) is 60.1. The Hall–Kier alpha value is -2.96.